The van der Waals surface area contributed by atoms with Crippen molar-refractivity contribution in [3.05, 3.63) is 35.0 Å². The summed E-state index contributed by atoms with van der Waals surface area (Å²) in [6, 6.07) is 3.77. The Hall–Kier alpha value is -1.81. The van der Waals surface area contributed by atoms with Gasteiger partial charge in [-0.15, -0.1) is 0 Å². The lowest BCUT2D eigenvalue weighted by molar-refractivity contribution is 0.0698. The highest BCUT2D eigenvalue weighted by Crippen LogP contribution is 2.27. The van der Waals surface area contributed by atoms with Gasteiger partial charge in [-0.25, -0.2) is 4.79 Å². The fraction of sp³-hybridized carbons (Fsp3) is 0.357. The molecule has 0 saturated heterocycles. The minimum Gasteiger partial charge on any atom is -0.478 e. The van der Waals surface area contributed by atoms with Crippen molar-refractivity contribution in [2.24, 2.45) is 5.73 Å². The first-order valence-electron chi connectivity index (χ1n) is 6.14. The van der Waals surface area contributed by atoms with E-state index in [0.29, 0.717) is 12.1 Å². The van der Waals surface area contributed by atoms with Crippen LogP contribution in [0.3, 0.4) is 0 Å². The smallest absolute Gasteiger partial charge is 0.337 e. The van der Waals surface area contributed by atoms with Crippen LogP contribution in [0.1, 0.15) is 28.4 Å². The number of aromatic carboxylic acids is 1. The lowest BCUT2D eigenvalue weighted by atomic mass is 10.0. The first kappa shape index (κ1) is 12.6. The van der Waals surface area contributed by atoms with Crippen LogP contribution >= 0.6 is 0 Å². The molecule has 2 aromatic rings. The van der Waals surface area contributed by atoms with Gasteiger partial charge in [-0.3, -0.25) is 0 Å². The molecule has 0 saturated carbocycles. The van der Waals surface area contributed by atoms with Gasteiger partial charge in [0.05, 0.1) is 11.1 Å². The van der Waals surface area contributed by atoms with Crippen LogP contribution < -0.4 is 5.73 Å². The van der Waals surface area contributed by atoms with Crippen LogP contribution in [-0.4, -0.2) is 22.2 Å². The van der Waals surface area contributed by atoms with Crippen molar-refractivity contribution in [1.82, 2.24) is 4.57 Å². The van der Waals surface area contributed by atoms with Crippen molar-refractivity contribution in [3.63, 3.8) is 0 Å². The predicted molar refractivity (Wildman–Crippen MR) is 72.1 cm³/mol. The van der Waals surface area contributed by atoms with E-state index in [2.05, 4.69) is 0 Å². The average molecular weight is 246 g/mol. The molecular formula is C14H18N2O2. The fourth-order valence-corrected chi connectivity index (χ4v) is 2.42. The van der Waals surface area contributed by atoms with Gasteiger partial charge in [0.25, 0.3) is 0 Å². The number of carboxylic acid groups (broad SMARTS) is 1. The second kappa shape index (κ2) is 4.82. The molecule has 4 heteroatoms. The maximum atomic E-state index is 11.4. The quantitative estimate of drug-likeness (QED) is 0.868. The molecule has 0 aliphatic rings. The van der Waals surface area contributed by atoms with E-state index in [1.807, 2.05) is 30.7 Å². The molecule has 1 heterocycles. The monoisotopic (exact) mass is 246 g/mol. The van der Waals surface area contributed by atoms with Crippen molar-refractivity contribution in [2.45, 2.75) is 26.8 Å². The normalized spacial score (nSPS) is 11.1. The molecule has 96 valence electrons. The molecule has 3 N–H and O–H groups in total. The Kier molecular flexibility index (Phi) is 3.39. The number of aryl methyl sites for hydroxylation is 2. The number of fused-ring (bicyclic) bond motifs is 1. The summed E-state index contributed by atoms with van der Waals surface area (Å²) in [4.78, 5) is 11.4. The standard InChI is InChI=1S/C14H18N2O2/c1-3-16-8-10(4-5-15)11-6-9(2)7-12(13(11)16)14(17)18/h6-8H,3-5,15H2,1-2H3,(H,17,18). The van der Waals surface area contributed by atoms with Gasteiger partial charge in [0.1, 0.15) is 0 Å². The molecule has 0 aliphatic carbocycles. The molecule has 0 bridgehead atoms. The molecule has 4 nitrogen and oxygen atoms in total. The minimum absolute atomic E-state index is 0.370. The summed E-state index contributed by atoms with van der Waals surface area (Å²) in [6.45, 7) is 5.25. The number of carbonyl (C=O) groups is 1. The van der Waals surface area contributed by atoms with Crippen molar-refractivity contribution < 1.29 is 9.90 Å². The molecule has 0 amide bonds. The zero-order valence-corrected chi connectivity index (χ0v) is 10.7. The second-order valence-electron chi connectivity index (χ2n) is 4.49. The molecule has 1 aromatic carbocycles. The number of hydrogen-bond acceptors (Lipinski definition) is 2. The number of benzene rings is 1. The van der Waals surface area contributed by atoms with E-state index in [-0.39, 0.29) is 0 Å². The van der Waals surface area contributed by atoms with Gasteiger partial charge in [0.15, 0.2) is 0 Å². The Balaban J connectivity index is 2.81. The number of carboxylic acids is 1. The molecule has 0 unspecified atom stereocenters. The van der Waals surface area contributed by atoms with Crippen LogP contribution in [0.15, 0.2) is 18.3 Å². The maximum absolute atomic E-state index is 11.4. The molecule has 0 spiro atoms. The Morgan fingerprint density at radius 1 is 1.44 bits per heavy atom. The third-order valence-corrected chi connectivity index (χ3v) is 3.18. The highest BCUT2D eigenvalue weighted by Gasteiger charge is 2.16. The van der Waals surface area contributed by atoms with E-state index in [0.717, 1.165) is 35.0 Å². The molecule has 2 rings (SSSR count). The van der Waals surface area contributed by atoms with Gasteiger partial charge < -0.3 is 15.4 Å². The topological polar surface area (TPSA) is 68.2 Å². The van der Waals surface area contributed by atoms with Crippen molar-refractivity contribution in [3.8, 4) is 0 Å². The number of rotatable bonds is 4. The van der Waals surface area contributed by atoms with E-state index in [4.69, 9.17) is 5.73 Å². The number of nitrogens with zero attached hydrogens (tertiary/aromatic N) is 1. The van der Waals surface area contributed by atoms with Crippen LogP contribution in [-0.2, 0) is 13.0 Å². The average Bonchev–Trinajstić information content (AvgIpc) is 2.67. The number of hydrogen-bond donors (Lipinski definition) is 2. The molecular weight excluding hydrogens is 228 g/mol. The number of nitrogens with two attached hydrogens (primary N) is 1. The fourth-order valence-electron chi connectivity index (χ4n) is 2.42. The summed E-state index contributed by atoms with van der Waals surface area (Å²) in [5.41, 5.74) is 8.88. The zero-order valence-electron chi connectivity index (χ0n) is 10.7. The number of aromatic nitrogens is 1. The molecule has 0 radical (unpaired) electrons. The van der Waals surface area contributed by atoms with Gasteiger partial charge in [-0.05, 0) is 50.1 Å². The summed E-state index contributed by atoms with van der Waals surface area (Å²) < 4.78 is 1.99. The minimum atomic E-state index is -0.879. The van der Waals surface area contributed by atoms with E-state index in [9.17, 15) is 9.90 Å². The Morgan fingerprint density at radius 2 is 2.17 bits per heavy atom. The maximum Gasteiger partial charge on any atom is 0.337 e. The van der Waals surface area contributed by atoms with Crippen molar-refractivity contribution >= 4 is 16.9 Å². The summed E-state index contributed by atoms with van der Waals surface area (Å²) in [5, 5.41) is 10.3. The predicted octanol–water partition coefficient (Wildman–Crippen LogP) is 2.17. The van der Waals surface area contributed by atoms with Crippen LogP contribution in [0, 0.1) is 6.92 Å². The van der Waals surface area contributed by atoms with E-state index in [1.165, 1.54) is 0 Å². The van der Waals surface area contributed by atoms with E-state index < -0.39 is 5.97 Å². The van der Waals surface area contributed by atoms with Crippen molar-refractivity contribution in [2.75, 3.05) is 6.54 Å². The van der Waals surface area contributed by atoms with Crippen LogP contribution in [0.4, 0.5) is 0 Å². The van der Waals surface area contributed by atoms with Crippen LogP contribution in [0.5, 0.6) is 0 Å². The Labute approximate surface area is 106 Å². The summed E-state index contributed by atoms with van der Waals surface area (Å²) >= 11 is 0. The Morgan fingerprint density at radius 3 is 2.72 bits per heavy atom. The van der Waals surface area contributed by atoms with Gasteiger partial charge in [0, 0.05) is 18.1 Å². The van der Waals surface area contributed by atoms with Gasteiger partial charge in [-0.1, -0.05) is 0 Å². The molecule has 0 aliphatic heterocycles. The van der Waals surface area contributed by atoms with Gasteiger partial charge in [-0.2, -0.15) is 0 Å². The van der Waals surface area contributed by atoms with E-state index in [1.54, 1.807) is 6.07 Å². The third-order valence-electron chi connectivity index (χ3n) is 3.18. The molecule has 0 fully saturated rings. The highest BCUT2D eigenvalue weighted by atomic mass is 16.4. The largest absolute Gasteiger partial charge is 0.478 e. The SMILES string of the molecule is CCn1cc(CCN)c2cc(C)cc(C(=O)O)c21. The van der Waals surface area contributed by atoms with Gasteiger partial charge in [0.2, 0.25) is 0 Å². The van der Waals surface area contributed by atoms with Crippen LogP contribution in [0.2, 0.25) is 0 Å². The third kappa shape index (κ3) is 1.99. The van der Waals surface area contributed by atoms with Gasteiger partial charge >= 0.3 is 5.97 Å². The summed E-state index contributed by atoms with van der Waals surface area (Å²) in [6.07, 6.45) is 2.79. The summed E-state index contributed by atoms with van der Waals surface area (Å²) in [5.74, 6) is -0.879. The van der Waals surface area contributed by atoms with Crippen molar-refractivity contribution in [1.29, 1.82) is 0 Å². The molecule has 18 heavy (non-hydrogen) atoms. The van der Waals surface area contributed by atoms with E-state index >= 15 is 0 Å². The highest BCUT2D eigenvalue weighted by molar-refractivity contribution is 6.03. The lowest BCUT2D eigenvalue weighted by Gasteiger charge is -2.06. The first-order chi connectivity index (χ1) is 8.58. The first-order valence-corrected chi connectivity index (χ1v) is 6.14. The molecule has 0 atom stereocenters. The van der Waals surface area contributed by atoms with Crippen LogP contribution in [0.25, 0.3) is 10.9 Å². The Bertz CT molecular complexity index is 599. The lowest BCUT2D eigenvalue weighted by Crippen LogP contribution is -2.02. The summed E-state index contributed by atoms with van der Waals surface area (Å²) in [7, 11) is 0. The zero-order chi connectivity index (χ0) is 13.3. The molecule has 1 aromatic heterocycles. The second-order valence-corrected chi connectivity index (χ2v) is 4.49.